The standard InChI is InChI=1S/C8H10N6O2S2/c1-2-3-4-13-11-7(10-12-13)18-8-9-6(5-17-8)14(15)16/h5H,2-4H2,1H3. The number of rotatable bonds is 6. The van der Waals surface area contributed by atoms with Gasteiger partial charge in [0.15, 0.2) is 0 Å². The first kappa shape index (κ1) is 12.9. The lowest BCUT2D eigenvalue weighted by atomic mass is 10.3. The van der Waals surface area contributed by atoms with Gasteiger partial charge < -0.3 is 10.1 Å². The molecule has 0 saturated heterocycles. The fourth-order valence-electron chi connectivity index (χ4n) is 1.12. The zero-order valence-corrected chi connectivity index (χ0v) is 11.1. The minimum absolute atomic E-state index is 0.152. The van der Waals surface area contributed by atoms with E-state index in [1.54, 1.807) is 0 Å². The van der Waals surface area contributed by atoms with Crippen molar-refractivity contribution < 1.29 is 4.92 Å². The molecule has 2 aromatic rings. The van der Waals surface area contributed by atoms with Crippen LogP contribution in [0.25, 0.3) is 0 Å². The second-order valence-electron chi connectivity index (χ2n) is 3.35. The minimum atomic E-state index is -0.522. The van der Waals surface area contributed by atoms with Gasteiger partial charge in [-0.3, -0.25) is 0 Å². The summed E-state index contributed by atoms with van der Waals surface area (Å²) in [4.78, 5) is 15.3. The van der Waals surface area contributed by atoms with Gasteiger partial charge in [-0.1, -0.05) is 24.7 Å². The molecule has 0 amide bonds. The molecule has 0 aliphatic carbocycles. The Morgan fingerprint density at radius 2 is 2.44 bits per heavy atom. The van der Waals surface area contributed by atoms with Crippen LogP contribution in [0.2, 0.25) is 0 Å². The number of tetrazole rings is 1. The summed E-state index contributed by atoms with van der Waals surface area (Å²) in [5.41, 5.74) is 0. The molecule has 2 aromatic heterocycles. The van der Waals surface area contributed by atoms with Gasteiger partial charge in [0.1, 0.15) is 0 Å². The van der Waals surface area contributed by atoms with Crippen molar-refractivity contribution in [2.75, 3.05) is 0 Å². The number of hydrogen-bond acceptors (Lipinski definition) is 8. The van der Waals surface area contributed by atoms with Crippen molar-refractivity contribution in [3.63, 3.8) is 0 Å². The average Bonchev–Trinajstić information content (AvgIpc) is 2.96. The van der Waals surface area contributed by atoms with Crippen molar-refractivity contribution in [3.8, 4) is 0 Å². The molecule has 0 aromatic carbocycles. The first-order chi connectivity index (χ1) is 8.69. The summed E-state index contributed by atoms with van der Waals surface area (Å²) in [6.45, 7) is 2.81. The van der Waals surface area contributed by atoms with E-state index in [0.717, 1.165) is 19.4 Å². The summed E-state index contributed by atoms with van der Waals surface area (Å²) in [5.74, 6) is -0.152. The molecule has 2 rings (SSSR count). The predicted molar refractivity (Wildman–Crippen MR) is 65.6 cm³/mol. The number of aryl methyl sites for hydroxylation is 1. The zero-order chi connectivity index (χ0) is 13.0. The van der Waals surface area contributed by atoms with Crippen molar-refractivity contribution in [2.45, 2.75) is 35.8 Å². The number of thiazole rings is 1. The highest BCUT2D eigenvalue weighted by Gasteiger charge is 2.17. The molecule has 96 valence electrons. The van der Waals surface area contributed by atoms with Crippen LogP contribution in [0.5, 0.6) is 0 Å². The van der Waals surface area contributed by atoms with E-state index in [-0.39, 0.29) is 5.82 Å². The SMILES string of the molecule is CCCCn1nnc(Sc2nc([N+](=O)[O-])cs2)n1. The number of unbranched alkanes of at least 4 members (excludes halogenated alkanes) is 1. The Morgan fingerprint density at radius 1 is 1.61 bits per heavy atom. The molecule has 0 spiro atoms. The monoisotopic (exact) mass is 286 g/mol. The summed E-state index contributed by atoms with van der Waals surface area (Å²) in [7, 11) is 0. The average molecular weight is 286 g/mol. The van der Waals surface area contributed by atoms with Crippen LogP contribution in [-0.2, 0) is 6.54 Å². The van der Waals surface area contributed by atoms with Gasteiger partial charge in [0.25, 0.3) is 4.34 Å². The Hall–Kier alpha value is -1.55. The first-order valence-corrected chi connectivity index (χ1v) is 6.94. The van der Waals surface area contributed by atoms with E-state index in [1.807, 2.05) is 0 Å². The highest BCUT2D eigenvalue weighted by molar-refractivity contribution is 8.00. The van der Waals surface area contributed by atoms with Crippen molar-refractivity contribution in [1.82, 2.24) is 25.2 Å². The molecule has 0 radical (unpaired) electrons. The number of nitro groups is 1. The normalized spacial score (nSPS) is 10.7. The van der Waals surface area contributed by atoms with E-state index < -0.39 is 4.92 Å². The highest BCUT2D eigenvalue weighted by atomic mass is 32.2. The molecule has 8 nitrogen and oxygen atoms in total. The van der Waals surface area contributed by atoms with Gasteiger partial charge >= 0.3 is 5.82 Å². The third-order valence-corrected chi connectivity index (χ3v) is 3.75. The van der Waals surface area contributed by atoms with Crippen molar-refractivity contribution in [2.24, 2.45) is 0 Å². The van der Waals surface area contributed by atoms with Gasteiger partial charge in [0, 0.05) is 11.8 Å². The lowest BCUT2D eigenvalue weighted by molar-refractivity contribution is -0.389. The Labute approximate surface area is 111 Å². The molecule has 2 heterocycles. The summed E-state index contributed by atoms with van der Waals surface area (Å²) < 4.78 is 0.539. The number of nitrogens with zero attached hydrogens (tertiary/aromatic N) is 6. The molecule has 0 aliphatic heterocycles. The summed E-state index contributed by atoms with van der Waals surface area (Å²) >= 11 is 2.37. The van der Waals surface area contributed by atoms with E-state index in [0.29, 0.717) is 9.50 Å². The fourth-order valence-corrected chi connectivity index (χ4v) is 2.68. The summed E-state index contributed by atoms with van der Waals surface area (Å²) in [6, 6.07) is 0. The molecule has 10 heteroatoms. The Kier molecular flexibility index (Phi) is 4.20. The lowest BCUT2D eigenvalue weighted by Crippen LogP contribution is -2.01. The highest BCUT2D eigenvalue weighted by Crippen LogP contribution is 2.29. The maximum Gasteiger partial charge on any atom is 0.375 e. The van der Waals surface area contributed by atoms with Crippen LogP contribution in [0.3, 0.4) is 0 Å². The Balaban J connectivity index is 1.99. The van der Waals surface area contributed by atoms with Gasteiger partial charge in [-0.2, -0.15) is 4.80 Å². The number of hydrogen-bond donors (Lipinski definition) is 0. The zero-order valence-electron chi connectivity index (χ0n) is 9.51. The summed E-state index contributed by atoms with van der Waals surface area (Å²) in [5, 5.41) is 24.2. The van der Waals surface area contributed by atoms with Crippen LogP contribution in [0, 0.1) is 10.1 Å². The van der Waals surface area contributed by atoms with E-state index in [1.165, 1.54) is 33.3 Å². The van der Waals surface area contributed by atoms with Gasteiger partial charge in [-0.25, -0.2) is 0 Å². The van der Waals surface area contributed by atoms with Crippen LogP contribution in [0.1, 0.15) is 19.8 Å². The van der Waals surface area contributed by atoms with Gasteiger partial charge in [-0.05, 0) is 21.5 Å². The van der Waals surface area contributed by atoms with Crippen LogP contribution < -0.4 is 0 Å². The quantitative estimate of drug-likeness (QED) is 0.591. The van der Waals surface area contributed by atoms with Crippen LogP contribution >= 0.6 is 23.1 Å². The van der Waals surface area contributed by atoms with Crippen LogP contribution in [0.15, 0.2) is 14.9 Å². The molecule has 0 aliphatic rings. The maximum atomic E-state index is 10.5. The van der Waals surface area contributed by atoms with E-state index in [2.05, 4.69) is 27.3 Å². The van der Waals surface area contributed by atoms with Crippen molar-refractivity contribution in [1.29, 1.82) is 0 Å². The third-order valence-electron chi connectivity index (χ3n) is 1.98. The lowest BCUT2D eigenvalue weighted by Gasteiger charge is -1.93. The van der Waals surface area contributed by atoms with Crippen molar-refractivity contribution in [3.05, 3.63) is 15.5 Å². The number of aromatic nitrogens is 5. The molecular formula is C8H10N6O2S2. The Morgan fingerprint density at radius 3 is 3.11 bits per heavy atom. The largest absolute Gasteiger partial charge is 0.375 e. The van der Waals surface area contributed by atoms with Crippen LogP contribution in [0.4, 0.5) is 5.82 Å². The maximum absolute atomic E-state index is 10.5. The van der Waals surface area contributed by atoms with Gasteiger partial charge in [0.2, 0.25) is 5.16 Å². The van der Waals surface area contributed by atoms with Crippen molar-refractivity contribution >= 4 is 28.9 Å². The predicted octanol–water partition coefficient (Wildman–Crippen LogP) is 1.99. The molecule has 18 heavy (non-hydrogen) atoms. The van der Waals surface area contributed by atoms with Gasteiger partial charge in [0.05, 0.1) is 11.9 Å². The molecule has 0 N–H and O–H groups in total. The van der Waals surface area contributed by atoms with E-state index in [9.17, 15) is 10.1 Å². The first-order valence-electron chi connectivity index (χ1n) is 5.24. The van der Waals surface area contributed by atoms with E-state index in [4.69, 9.17) is 0 Å². The molecule has 0 unspecified atom stereocenters. The molecule has 0 fully saturated rings. The molecule has 0 atom stereocenters. The molecule has 0 bridgehead atoms. The molecular weight excluding hydrogens is 276 g/mol. The third kappa shape index (κ3) is 3.23. The van der Waals surface area contributed by atoms with Crippen LogP contribution in [-0.4, -0.2) is 30.1 Å². The minimum Gasteiger partial charge on any atom is -0.358 e. The smallest absolute Gasteiger partial charge is 0.358 e. The van der Waals surface area contributed by atoms with Gasteiger partial charge in [-0.15, -0.1) is 10.2 Å². The second kappa shape index (κ2) is 5.87. The fraction of sp³-hybridized carbons (Fsp3) is 0.500. The Bertz CT molecular complexity index is 539. The van der Waals surface area contributed by atoms with E-state index >= 15 is 0 Å². The summed E-state index contributed by atoms with van der Waals surface area (Å²) in [6.07, 6.45) is 2.05. The molecule has 0 saturated carbocycles. The topological polar surface area (TPSA) is 99.6 Å². The second-order valence-corrected chi connectivity index (χ2v) is 5.42.